The van der Waals surface area contributed by atoms with Gasteiger partial charge in [0, 0.05) is 13.1 Å². The highest BCUT2D eigenvalue weighted by molar-refractivity contribution is 6.89. The van der Waals surface area contributed by atoms with Crippen LogP contribution in [0.5, 0.6) is 0 Å². The second-order valence-electron chi connectivity index (χ2n) is 5.60. The maximum Gasteiger partial charge on any atom is 0.0948 e. The normalized spacial score (nSPS) is 17.7. The molecule has 0 spiro atoms. The third-order valence-corrected chi connectivity index (χ3v) is 6.78. The van der Waals surface area contributed by atoms with Crippen LogP contribution in [0.2, 0.25) is 13.1 Å². The minimum Gasteiger partial charge on any atom is -0.379 e. The molecule has 1 heterocycles. The van der Waals surface area contributed by atoms with E-state index in [1.807, 2.05) is 6.08 Å². The first kappa shape index (κ1) is 13.5. The molecule has 1 fully saturated rings. The van der Waals surface area contributed by atoms with Crippen LogP contribution in [0.1, 0.15) is 5.56 Å². The number of benzene rings is 1. The van der Waals surface area contributed by atoms with Crippen molar-refractivity contribution in [2.75, 3.05) is 32.5 Å². The van der Waals surface area contributed by atoms with Gasteiger partial charge in [0.15, 0.2) is 0 Å². The maximum absolute atomic E-state index is 5.41. The monoisotopic (exact) mass is 261 g/mol. The largest absolute Gasteiger partial charge is 0.379 e. The van der Waals surface area contributed by atoms with Crippen molar-refractivity contribution >= 4 is 19.3 Å². The fourth-order valence-corrected chi connectivity index (χ4v) is 5.17. The van der Waals surface area contributed by atoms with Crippen molar-refractivity contribution in [2.45, 2.75) is 13.1 Å². The first-order chi connectivity index (χ1) is 8.62. The molecule has 0 aliphatic carbocycles. The first-order valence-corrected chi connectivity index (χ1v) is 9.85. The lowest BCUT2D eigenvalue weighted by molar-refractivity contribution is 0.0457. The molecule has 2 rings (SSSR count). The highest BCUT2D eigenvalue weighted by Crippen LogP contribution is 2.09. The summed E-state index contributed by atoms with van der Waals surface area (Å²) in [5.74, 6) is 0. The van der Waals surface area contributed by atoms with Crippen LogP contribution in [-0.2, 0) is 4.74 Å². The van der Waals surface area contributed by atoms with Gasteiger partial charge in [0.25, 0.3) is 0 Å². The van der Waals surface area contributed by atoms with Crippen LogP contribution in [0.15, 0.2) is 30.8 Å². The summed E-state index contributed by atoms with van der Waals surface area (Å²) in [7, 11) is -1.37. The molecule has 18 heavy (non-hydrogen) atoms. The first-order valence-electron chi connectivity index (χ1n) is 6.65. The average Bonchev–Trinajstić information content (AvgIpc) is 2.39. The average molecular weight is 261 g/mol. The molecule has 0 radical (unpaired) electrons. The van der Waals surface area contributed by atoms with E-state index in [0.717, 1.165) is 26.3 Å². The summed E-state index contributed by atoms with van der Waals surface area (Å²) in [5.41, 5.74) is 1.20. The van der Waals surface area contributed by atoms with Gasteiger partial charge in [-0.25, -0.2) is 0 Å². The quantitative estimate of drug-likeness (QED) is 0.770. The molecule has 98 valence electrons. The Labute approximate surface area is 111 Å². The van der Waals surface area contributed by atoms with Crippen LogP contribution < -0.4 is 5.19 Å². The lowest BCUT2D eigenvalue weighted by Crippen LogP contribution is -2.54. The molecule has 0 unspecified atom stereocenters. The van der Waals surface area contributed by atoms with Crippen LogP contribution in [0.25, 0.3) is 6.08 Å². The molecule has 3 heteroatoms. The Morgan fingerprint density at radius 3 is 2.39 bits per heavy atom. The highest BCUT2D eigenvalue weighted by Gasteiger charge is 2.27. The minimum atomic E-state index is -1.37. The predicted molar refractivity (Wildman–Crippen MR) is 80.9 cm³/mol. The van der Waals surface area contributed by atoms with Gasteiger partial charge >= 0.3 is 0 Å². The van der Waals surface area contributed by atoms with E-state index in [9.17, 15) is 0 Å². The Hall–Kier alpha value is -0.903. The summed E-state index contributed by atoms with van der Waals surface area (Å²) in [6.07, 6.45) is 3.13. The molecule has 0 bridgehead atoms. The third kappa shape index (κ3) is 3.31. The Morgan fingerprint density at radius 1 is 1.22 bits per heavy atom. The minimum absolute atomic E-state index is 0.889. The van der Waals surface area contributed by atoms with E-state index in [1.54, 1.807) is 0 Å². The van der Waals surface area contributed by atoms with Crippen molar-refractivity contribution in [1.29, 1.82) is 0 Å². The van der Waals surface area contributed by atoms with E-state index in [1.165, 1.54) is 16.9 Å². The summed E-state index contributed by atoms with van der Waals surface area (Å²) in [5, 5.41) is 1.53. The fourth-order valence-electron chi connectivity index (χ4n) is 2.48. The van der Waals surface area contributed by atoms with Gasteiger partial charge in [-0.15, -0.1) is 0 Å². The maximum atomic E-state index is 5.41. The van der Waals surface area contributed by atoms with Crippen molar-refractivity contribution in [3.05, 3.63) is 36.4 Å². The molecule has 1 aliphatic heterocycles. The Balaban J connectivity index is 2.05. The van der Waals surface area contributed by atoms with Crippen LogP contribution in [0.4, 0.5) is 0 Å². The predicted octanol–water partition coefficient (Wildman–Crippen LogP) is 2.12. The van der Waals surface area contributed by atoms with E-state index < -0.39 is 8.07 Å². The molecule has 0 N–H and O–H groups in total. The van der Waals surface area contributed by atoms with E-state index >= 15 is 0 Å². The van der Waals surface area contributed by atoms with Crippen LogP contribution >= 0.6 is 0 Å². The lowest BCUT2D eigenvalue weighted by Gasteiger charge is -2.34. The number of hydrogen-bond acceptors (Lipinski definition) is 2. The highest BCUT2D eigenvalue weighted by atomic mass is 28.3. The molecule has 1 aromatic carbocycles. The molecule has 1 aliphatic rings. The summed E-state index contributed by atoms with van der Waals surface area (Å²) in [6.45, 7) is 12.7. The van der Waals surface area contributed by atoms with Gasteiger partial charge < -0.3 is 9.64 Å². The third-order valence-electron chi connectivity index (χ3n) is 3.65. The molecule has 0 atom stereocenters. The Bertz CT molecular complexity index is 393. The summed E-state index contributed by atoms with van der Waals surface area (Å²) < 4.78 is 5.41. The van der Waals surface area contributed by atoms with Gasteiger partial charge in [-0.05, 0) is 11.7 Å². The fraction of sp³-hybridized carbons (Fsp3) is 0.467. The van der Waals surface area contributed by atoms with Crippen LogP contribution in [0.3, 0.4) is 0 Å². The van der Waals surface area contributed by atoms with Gasteiger partial charge in [-0.3, -0.25) is 0 Å². The molecule has 0 aromatic heterocycles. The second-order valence-corrected chi connectivity index (χ2v) is 10.3. The zero-order valence-corrected chi connectivity index (χ0v) is 12.5. The second kappa shape index (κ2) is 5.82. The van der Waals surface area contributed by atoms with Gasteiger partial charge in [-0.2, -0.15) is 0 Å². The number of morpholine rings is 1. The van der Waals surface area contributed by atoms with Crippen molar-refractivity contribution in [3.63, 3.8) is 0 Å². The van der Waals surface area contributed by atoms with Gasteiger partial charge in [-0.1, -0.05) is 55.2 Å². The molecule has 2 nitrogen and oxygen atoms in total. The van der Waals surface area contributed by atoms with E-state index in [2.05, 4.69) is 48.8 Å². The molecule has 0 saturated carbocycles. The van der Waals surface area contributed by atoms with Crippen molar-refractivity contribution in [2.24, 2.45) is 0 Å². The topological polar surface area (TPSA) is 12.5 Å². The zero-order chi connectivity index (χ0) is 13.0. The summed E-state index contributed by atoms with van der Waals surface area (Å²) in [4.78, 5) is 2.55. The number of rotatable bonds is 4. The lowest BCUT2D eigenvalue weighted by atomic mass is 10.2. The number of nitrogens with zero attached hydrogens (tertiary/aromatic N) is 1. The smallest absolute Gasteiger partial charge is 0.0948 e. The van der Waals surface area contributed by atoms with Gasteiger partial charge in [0.1, 0.15) is 0 Å². The van der Waals surface area contributed by atoms with Crippen LogP contribution in [0, 0.1) is 0 Å². The van der Waals surface area contributed by atoms with Crippen LogP contribution in [-0.4, -0.2) is 45.4 Å². The van der Waals surface area contributed by atoms with E-state index in [0.29, 0.717) is 0 Å². The number of ether oxygens (including phenoxy) is 1. The Kier molecular flexibility index (Phi) is 4.38. The van der Waals surface area contributed by atoms with E-state index in [-0.39, 0.29) is 0 Å². The zero-order valence-electron chi connectivity index (χ0n) is 11.5. The SMILES string of the molecule is C=Cc1ccc([Si](C)(C)CN2CCOCC2)cc1. The van der Waals surface area contributed by atoms with E-state index in [4.69, 9.17) is 4.74 Å². The molecule has 1 aromatic rings. The number of hydrogen-bond donors (Lipinski definition) is 0. The molecular weight excluding hydrogens is 238 g/mol. The Morgan fingerprint density at radius 2 is 1.83 bits per heavy atom. The molecule has 0 amide bonds. The standard InChI is InChI=1S/C15H23NOSi/c1-4-14-5-7-15(8-6-14)18(2,3)13-16-9-11-17-12-10-16/h4-8H,1,9-13H2,2-3H3. The van der Waals surface area contributed by atoms with Crippen molar-refractivity contribution in [3.8, 4) is 0 Å². The summed E-state index contributed by atoms with van der Waals surface area (Å²) >= 11 is 0. The summed E-state index contributed by atoms with van der Waals surface area (Å²) in [6, 6.07) is 8.92. The molecule has 1 saturated heterocycles. The van der Waals surface area contributed by atoms with Gasteiger partial charge in [0.2, 0.25) is 0 Å². The van der Waals surface area contributed by atoms with Crippen molar-refractivity contribution in [1.82, 2.24) is 4.90 Å². The molecular formula is C15H23NOSi. The van der Waals surface area contributed by atoms with Crippen molar-refractivity contribution < 1.29 is 4.74 Å². The van der Waals surface area contributed by atoms with Gasteiger partial charge in [0.05, 0.1) is 21.3 Å².